The van der Waals surface area contributed by atoms with Gasteiger partial charge in [-0.3, -0.25) is 4.98 Å². The molecule has 2 aromatic rings. The molecule has 0 saturated carbocycles. The SMILES string of the molecule is CC(C)(C)c1ccc(Nc2ncnc3c2CNCC3)cn1. The first-order chi connectivity index (χ1) is 10.0. The van der Waals surface area contributed by atoms with Crippen molar-refractivity contribution in [3.8, 4) is 0 Å². The second-order valence-corrected chi connectivity index (χ2v) is 6.38. The van der Waals surface area contributed by atoms with Gasteiger partial charge in [0.05, 0.1) is 17.6 Å². The van der Waals surface area contributed by atoms with Crippen LogP contribution < -0.4 is 10.6 Å². The van der Waals surface area contributed by atoms with E-state index >= 15 is 0 Å². The van der Waals surface area contributed by atoms with Crippen molar-refractivity contribution in [2.24, 2.45) is 0 Å². The highest BCUT2D eigenvalue weighted by atomic mass is 15.0. The highest BCUT2D eigenvalue weighted by Gasteiger charge is 2.17. The van der Waals surface area contributed by atoms with Crippen LogP contribution >= 0.6 is 0 Å². The van der Waals surface area contributed by atoms with Crippen LogP contribution in [0.5, 0.6) is 0 Å². The number of pyridine rings is 1. The lowest BCUT2D eigenvalue weighted by molar-refractivity contribution is 0.569. The Hall–Kier alpha value is -2.01. The zero-order chi connectivity index (χ0) is 14.9. The van der Waals surface area contributed by atoms with E-state index in [1.807, 2.05) is 6.20 Å². The number of hydrogen-bond donors (Lipinski definition) is 2. The monoisotopic (exact) mass is 283 g/mol. The maximum absolute atomic E-state index is 4.54. The number of nitrogens with zero attached hydrogens (tertiary/aromatic N) is 3. The van der Waals surface area contributed by atoms with E-state index in [1.54, 1.807) is 6.33 Å². The summed E-state index contributed by atoms with van der Waals surface area (Å²) < 4.78 is 0. The summed E-state index contributed by atoms with van der Waals surface area (Å²) in [6.07, 6.45) is 4.45. The van der Waals surface area contributed by atoms with Crippen molar-refractivity contribution in [3.63, 3.8) is 0 Å². The largest absolute Gasteiger partial charge is 0.339 e. The van der Waals surface area contributed by atoms with Crippen LogP contribution in [0, 0.1) is 0 Å². The third-order valence-corrected chi connectivity index (χ3v) is 3.67. The molecular weight excluding hydrogens is 262 g/mol. The number of rotatable bonds is 2. The van der Waals surface area contributed by atoms with Crippen LogP contribution in [0.1, 0.15) is 37.7 Å². The standard InChI is InChI=1S/C16H21N5/c1-16(2,3)14-5-4-11(8-18-14)21-15-12-9-17-7-6-13(12)19-10-20-15/h4-5,8,10,17H,6-7,9H2,1-3H3,(H,19,20,21). The number of fused-ring (bicyclic) bond motifs is 1. The van der Waals surface area contributed by atoms with Crippen molar-refractivity contribution in [3.05, 3.63) is 41.6 Å². The third kappa shape index (κ3) is 3.03. The van der Waals surface area contributed by atoms with Crippen molar-refractivity contribution < 1.29 is 0 Å². The summed E-state index contributed by atoms with van der Waals surface area (Å²) in [6.45, 7) is 8.27. The summed E-state index contributed by atoms with van der Waals surface area (Å²) >= 11 is 0. The van der Waals surface area contributed by atoms with Gasteiger partial charge in [0.15, 0.2) is 0 Å². The molecule has 0 aromatic carbocycles. The molecule has 0 atom stereocenters. The maximum Gasteiger partial charge on any atom is 0.138 e. The lowest BCUT2D eigenvalue weighted by Crippen LogP contribution is -2.25. The molecule has 1 aliphatic rings. The molecular formula is C16H21N5. The molecule has 3 rings (SSSR count). The molecule has 0 fully saturated rings. The summed E-state index contributed by atoms with van der Waals surface area (Å²) in [5.74, 6) is 0.873. The fourth-order valence-electron chi connectivity index (χ4n) is 2.43. The van der Waals surface area contributed by atoms with Gasteiger partial charge in [-0.1, -0.05) is 20.8 Å². The van der Waals surface area contributed by atoms with Crippen molar-refractivity contribution >= 4 is 11.5 Å². The Morgan fingerprint density at radius 2 is 2.00 bits per heavy atom. The summed E-state index contributed by atoms with van der Waals surface area (Å²) in [5.41, 5.74) is 4.39. The van der Waals surface area contributed by atoms with E-state index in [4.69, 9.17) is 0 Å². The summed E-state index contributed by atoms with van der Waals surface area (Å²) in [5, 5.41) is 6.72. The van der Waals surface area contributed by atoms with E-state index in [0.29, 0.717) is 0 Å². The first kappa shape index (κ1) is 13.9. The van der Waals surface area contributed by atoms with E-state index in [9.17, 15) is 0 Å². The van der Waals surface area contributed by atoms with Gasteiger partial charge in [-0.15, -0.1) is 0 Å². The lowest BCUT2D eigenvalue weighted by Gasteiger charge is -2.20. The Balaban J connectivity index is 1.84. The first-order valence-electron chi connectivity index (χ1n) is 7.31. The van der Waals surface area contributed by atoms with Crippen LogP contribution in [0.2, 0.25) is 0 Å². The van der Waals surface area contributed by atoms with Crippen LogP contribution in [0.25, 0.3) is 0 Å². The minimum atomic E-state index is 0.0660. The molecule has 2 aromatic heterocycles. The molecule has 2 N–H and O–H groups in total. The molecule has 5 heteroatoms. The van der Waals surface area contributed by atoms with Crippen LogP contribution in [0.15, 0.2) is 24.7 Å². The molecule has 0 unspecified atom stereocenters. The Labute approximate surface area is 125 Å². The summed E-state index contributed by atoms with van der Waals surface area (Å²) in [6, 6.07) is 4.12. The van der Waals surface area contributed by atoms with Crippen molar-refractivity contribution in [2.75, 3.05) is 11.9 Å². The third-order valence-electron chi connectivity index (χ3n) is 3.67. The zero-order valence-corrected chi connectivity index (χ0v) is 12.8. The summed E-state index contributed by atoms with van der Waals surface area (Å²) in [4.78, 5) is 13.3. The van der Waals surface area contributed by atoms with Gasteiger partial charge >= 0.3 is 0 Å². The minimum Gasteiger partial charge on any atom is -0.339 e. The lowest BCUT2D eigenvalue weighted by atomic mass is 9.92. The highest BCUT2D eigenvalue weighted by molar-refractivity contribution is 5.59. The van der Waals surface area contributed by atoms with E-state index < -0.39 is 0 Å². The fourth-order valence-corrected chi connectivity index (χ4v) is 2.43. The Morgan fingerprint density at radius 3 is 2.71 bits per heavy atom. The van der Waals surface area contributed by atoms with Gasteiger partial charge in [0, 0.05) is 36.2 Å². The molecule has 3 heterocycles. The van der Waals surface area contributed by atoms with Crippen molar-refractivity contribution in [2.45, 2.75) is 39.2 Å². The molecule has 1 aliphatic heterocycles. The second kappa shape index (κ2) is 5.41. The molecule has 21 heavy (non-hydrogen) atoms. The smallest absolute Gasteiger partial charge is 0.138 e. The van der Waals surface area contributed by atoms with Gasteiger partial charge in [0.1, 0.15) is 12.1 Å². The van der Waals surface area contributed by atoms with Gasteiger partial charge in [-0.25, -0.2) is 9.97 Å². The summed E-state index contributed by atoms with van der Waals surface area (Å²) in [7, 11) is 0. The maximum atomic E-state index is 4.54. The predicted molar refractivity (Wildman–Crippen MR) is 83.7 cm³/mol. The average molecular weight is 283 g/mol. The van der Waals surface area contributed by atoms with Crippen molar-refractivity contribution in [1.29, 1.82) is 0 Å². The molecule has 5 nitrogen and oxygen atoms in total. The first-order valence-corrected chi connectivity index (χ1v) is 7.31. The molecule has 0 spiro atoms. The number of hydrogen-bond acceptors (Lipinski definition) is 5. The average Bonchev–Trinajstić information content (AvgIpc) is 2.47. The van der Waals surface area contributed by atoms with Crippen LogP contribution in [0.3, 0.4) is 0 Å². The Kier molecular flexibility index (Phi) is 3.59. The molecule has 0 aliphatic carbocycles. The van der Waals surface area contributed by atoms with Crippen LogP contribution in [-0.4, -0.2) is 21.5 Å². The van der Waals surface area contributed by atoms with Gasteiger partial charge in [-0.2, -0.15) is 0 Å². The molecule has 0 amide bonds. The molecule has 0 radical (unpaired) electrons. The normalized spacial score (nSPS) is 14.6. The Bertz CT molecular complexity index is 628. The number of nitrogens with one attached hydrogen (secondary N) is 2. The Morgan fingerprint density at radius 1 is 1.14 bits per heavy atom. The molecule has 0 bridgehead atoms. The predicted octanol–water partition coefficient (Wildman–Crippen LogP) is 2.56. The second-order valence-electron chi connectivity index (χ2n) is 6.38. The number of aromatic nitrogens is 3. The highest BCUT2D eigenvalue weighted by Crippen LogP contribution is 2.24. The van der Waals surface area contributed by atoms with E-state index in [2.05, 4.69) is 58.5 Å². The quantitative estimate of drug-likeness (QED) is 0.887. The van der Waals surface area contributed by atoms with Gasteiger partial charge < -0.3 is 10.6 Å². The zero-order valence-electron chi connectivity index (χ0n) is 12.8. The van der Waals surface area contributed by atoms with E-state index in [0.717, 1.165) is 48.0 Å². The van der Waals surface area contributed by atoms with Gasteiger partial charge in [0.25, 0.3) is 0 Å². The van der Waals surface area contributed by atoms with Gasteiger partial charge in [-0.05, 0) is 12.1 Å². The van der Waals surface area contributed by atoms with Crippen LogP contribution in [-0.2, 0) is 18.4 Å². The number of anilines is 2. The van der Waals surface area contributed by atoms with Crippen LogP contribution in [0.4, 0.5) is 11.5 Å². The van der Waals surface area contributed by atoms with Gasteiger partial charge in [0.2, 0.25) is 0 Å². The molecule has 110 valence electrons. The fraction of sp³-hybridized carbons (Fsp3) is 0.438. The van der Waals surface area contributed by atoms with Crippen molar-refractivity contribution in [1.82, 2.24) is 20.3 Å². The van der Waals surface area contributed by atoms with E-state index in [1.165, 1.54) is 0 Å². The minimum absolute atomic E-state index is 0.0660. The molecule has 0 saturated heterocycles. The topological polar surface area (TPSA) is 62.7 Å². The van der Waals surface area contributed by atoms with E-state index in [-0.39, 0.29) is 5.41 Å².